The number of ether oxygens (including phenoxy) is 2. The van der Waals surface area contributed by atoms with Crippen LogP contribution < -0.4 is 0 Å². The molecule has 4 aromatic rings. The number of pyridine rings is 2. The number of rotatable bonds is 6. The smallest absolute Gasteiger partial charge is 0.343 e. The van der Waals surface area contributed by atoms with Crippen LogP contribution >= 0.6 is 11.6 Å². The second-order valence-electron chi connectivity index (χ2n) is 9.82. The molecule has 0 aliphatic heterocycles. The van der Waals surface area contributed by atoms with Gasteiger partial charge in [0.2, 0.25) is 0 Å². The minimum absolute atomic E-state index is 0.265. The molecule has 0 aromatic carbocycles. The molecule has 0 spiro atoms. The van der Waals surface area contributed by atoms with E-state index >= 15 is 0 Å². The van der Waals surface area contributed by atoms with Gasteiger partial charge in [0, 0.05) is 18.1 Å². The predicted molar refractivity (Wildman–Crippen MR) is 133 cm³/mol. The van der Waals surface area contributed by atoms with Gasteiger partial charge in [-0.3, -0.25) is 0 Å². The zero-order valence-electron chi connectivity index (χ0n) is 20.2. The summed E-state index contributed by atoms with van der Waals surface area (Å²) in [6, 6.07) is 8.97. The van der Waals surface area contributed by atoms with Crippen molar-refractivity contribution in [3.05, 3.63) is 52.8 Å². The second-order valence-corrected chi connectivity index (χ2v) is 10.2. The van der Waals surface area contributed by atoms with Gasteiger partial charge in [0.15, 0.2) is 0 Å². The highest BCUT2D eigenvalue weighted by Gasteiger charge is 2.31. The SMILES string of the molecule is CCOC(=O)c1ccc2c(C(=O)OC(C)(C)C)c(-c3cc4ccc(Cl)nc4n3CC3CC3)nn2c1. The van der Waals surface area contributed by atoms with Crippen molar-refractivity contribution in [2.75, 3.05) is 6.61 Å². The van der Waals surface area contributed by atoms with Gasteiger partial charge < -0.3 is 14.0 Å². The first-order chi connectivity index (χ1) is 16.6. The van der Waals surface area contributed by atoms with E-state index in [9.17, 15) is 9.59 Å². The largest absolute Gasteiger partial charge is 0.462 e. The van der Waals surface area contributed by atoms with Crippen molar-refractivity contribution in [1.82, 2.24) is 19.2 Å². The van der Waals surface area contributed by atoms with Crippen molar-refractivity contribution in [2.24, 2.45) is 5.92 Å². The number of hydrogen-bond acceptors (Lipinski definition) is 6. The van der Waals surface area contributed by atoms with E-state index in [1.165, 1.54) is 0 Å². The Morgan fingerprint density at radius 3 is 2.60 bits per heavy atom. The van der Waals surface area contributed by atoms with Crippen LogP contribution in [0.5, 0.6) is 0 Å². The first-order valence-corrected chi connectivity index (χ1v) is 12.1. The van der Waals surface area contributed by atoms with E-state index < -0.39 is 17.5 Å². The van der Waals surface area contributed by atoms with Crippen LogP contribution in [0.2, 0.25) is 5.15 Å². The number of hydrogen-bond donors (Lipinski definition) is 0. The summed E-state index contributed by atoms with van der Waals surface area (Å²) in [7, 11) is 0. The van der Waals surface area contributed by atoms with Crippen LogP contribution in [0.4, 0.5) is 0 Å². The fraction of sp³-hybridized carbons (Fsp3) is 0.385. The number of fused-ring (bicyclic) bond motifs is 2. The first-order valence-electron chi connectivity index (χ1n) is 11.7. The number of esters is 2. The van der Waals surface area contributed by atoms with Crippen LogP contribution in [0.1, 0.15) is 61.3 Å². The lowest BCUT2D eigenvalue weighted by Crippen LogP contribution is -2.24. The summed E-state index contributed by atoms with van der Waals surface area (Å²) < 4.78 is 14.5. The van der Waals surface area contributed by atoms with Gasteiger partial charge in [-0.05, 0) is 76.8 Å². The lowest BCUT2D eigenvalue weighted by Gasteiger charge is -2.19. The van der Waals surface area contributed by atoms with Crippen molar-refractivity contribution in [1.29, 1.82) is 0 Å². The lowest BCUT2D eigenvalue weighted by molar-refractivity contribution is 0.00724. The highest BCUT2D eigenvalue weighted by molar-refractivity contribution is 6.29. The quantitative estimate of drug-likeness (QED) is 0.258. The number of carbonyl (C=O) groups excluding carboxylic acids is 2. The van der Waals surface area contributed by atoms with Crippen LogP contribution in [0.15, 0.2) is 36.5 Å². The molecular formula is C26H27ClN4O4. The van der Waals surface area contributed by atoms with E-state index in [2.05, 4.69) is 9.55 Å². The number of halogens is 1. The van der Waals surface area contributed by atoms with E-state index in [-0.39, 0.29) is 6.61 Å². The Labute approximate surface area is 207 Å². The third-order valence-electron chi connectivity index (χ3n) is 5.83. The Bertz CT molecular complexity index is 1460. The molecule has 1 aliphatic rings. The van der Waals surface area contributed by atoms with Gasteiger partial charge >= 0.3 is 11.9 Å². The van der Waals surface area contributed by atoms with Gasteiger partial charge in [0.1, 0.15) is 27.7 Å². The molecule has 9 heteroatoms. The monoisotopic (exact) mass is 494 g/mol. The van der Waals surface area contributed by atoms with Crippen LogP contribution in [0.25, 0.3) is 27.9 Å². The second kappa shape index (κ2) is 8.68. The van der Waals surface area contributed by atoms with E-state index in [1.807, 2.05) is 32.9 Å². The average Bonchev–Trinajstić information content (AvgIpc) is 3.42. The molecule has 0 bridgehead atoms. The van der Waals surface area contributed by atoms with Crippen molar-refractivity contribution in [2.45, 2.75) is 52.7 Å². The van der Waals surface area contributed by atoms with Crippen LogP contribution in [0.3, 0.4) is 0 Å². The zero-order chi connectivity index (χ0) is 24.9. The highest BCUT2D eigenvalue weighted by atomic mass is 35.5. The van der Waals surface area contributed by atoms with Gasteiger partial charge in [-0.25, -0.2) is 19.1 Å². The minimum Gasteiger partial charge on any atom is -0.462 e. The Balaban J connectivity index is 1.74. The number of aromatic nitrogens is 4. The number of nitrogens with zero attached hydrogens (tertiary/aromatic N) is 4. The molecule has 0 radical (unpaired) electrons. The molecule has 1 fully saturated rings. The van der Waals surface area contributed by atoms with Gasteiger partial charge in [-0.15, -0.1) is 0 Å². The Morgan fingerprint density at radius 1 is 1.14 bits per heavy atom. The summed E-state index contributed by atoms with van der Waals surface area (Å²) in [5.74, 6) is -0.393. The third kappa shape index (κ3) is 4.62. The fourth-order valence-electron chi connectivity index (χ4n) is 4.14. The summed E-state index contributed by atoms with van der Waals surface area (Å²) in [5, 5.41) is 6.08. The number of carbonyl (C=O) groups is 2. The zero-order valence-corrected chi connectivity index (χ0v) is 20.9. The Hall–Kier alpha value is -3.39. The van der Waals surface area contributed by atoms with E-state index in [4.69, 9.17) is 26.2 Å². The molecule has 4 heterocycles. The molecular weight excluding hydrogens is 468 g/mol. The molecule has 0 N–H and O–H groups in total. The lowest BCUT2D eigenvalue weighted by atomic mass is 10.1. The maximum atomic E-state index is 13.5. The van der Waals surface area contributed by atoms with Crippen LogP contribution in [-0.2, 0) is 16.0 Å². The standard InChI is InChI=1S/C26H27ClN4O4/c1-5-34-24(32)17-8-10-18-21(25(33)35-26(2,3)4)22(29-31(18)14-17)19-12-16-9-11-20(27)28-23(16)30(19)13-15-6-7-15/h8-12,14-15H,5-7,13H2,1-4H3. The molecule has 4 aromatic heterocycles. The Morgan fingerprint density at radius 2 is 1.91 bits per heavy atom. The van der Waals surface area contributed by atoms with Crippen LogP contribution in [0, 0.1) is 5.92 Å². The molecule has 0 amide bonds. The van der Waals surface area contributed by atoms with Gasteiger partial charge in [0.05, 0.1) is 23.4 Å². The molecule has 0 atom stereocenters. The van der Waals surface area contributed by atoms with E-state index in [1.54, 1.807) is 35.8 Å². The fourth-order valence-corrected chi connectivity index (χ4v) is 4.28. The third-order valence-corrected chi connectivity index (χ3v) is 6.04. The van der Waals surface area contributed by atoms with Crippen molar-refractivity contribution in [3.8, 4) is 11.4 Å². The molecule has 5 rings (SSSR count). The topological polar surface area (TPSA) is 87.7 Å². The van der Waals surface area contributed by atoms with Gasteiger partial charge in [0.25, 0.3) is 0 Å². The first kappa shape index (κ1) is 23.4. The van der Waals surface area contributed by atoms with Gasteiger partial charge in [-0.2, -0.15) is 5.10 Å². The highest BCUT2D eigenvalue weighted by Crippen LogP contribution is 2.37. The summed E-state index contributed by atoms with van der Waals surface area (Å²) in [6.45, 7) is 8.24. The van der Waals surface area contributed by atoms with E-state index in [0.29, 0.717) is 33.4 Å². The summed E-state index contributed by atoms with van der Waals surface area (Å²) in [4.78, 5) is 30.3. The maximum Gasteiger partial charge on any atom is 0.343 e. The van der Waals surface area contributed by atoms with Crippen molar-refractivity contribution < 1.29 is 19.1 Å². The van der Waals surface area contributed by atoms with Crippen molar-refractivity contribution >= 4 is 40.1 Å². The Kier molecular flexibility index (Phi) is 5.79. The van der Waals surface area contributed by atoms with Crippen molar-refractivity contribution in [3.63, 3.8) is 0 Å². The predicted octanol–water partition coefficient (Wildman–Crippen LogP) is 5.55. The molecule has 182 valence electrons. The minimum atomic E-state index is -0.691. The van der Waals surface area contributed by atoms with Crippen LogP contribution in [-0.4, -0.2) is 43.3 Å². The summed E-state index contributed by atoms with van der Waals surface area (Å²) in [6.07, 6.45) is 3.87. The molecule has 35 heavy (non-hydrogen) atoms. The van der Waals surface area contributed by atoms with E-state index in [0.717, 1.165) is 36.1 Å². The summed E-state index contributed by atoms with van der Waals surface area (Å²) >= 11 is 6.23. The maximum absolute atomic E-state index is 13.5. The molecule has 1 saturated carbocycles. The summed E-state index contributed by atoms with van der Waals surface area (Å²) in [5.41, 5.74) is 2.50. The molecule has 0 unspecified atom stereocenters. The molecule has 1 aliphatic carbocycles. The van der Waals surface area contributed by atoms with Gasteiger partial charge in [-0.1, -0.05) is 11.6 Å². The molecule has 0 saturated heterocycles. The average molecular weight is 495 g/mol. The normalized spacial score (nSPS) is 14.0. The molecule has 8 nitrogen and oxygen atoms in total.